The molecule has 5 rings (SSSR count). The zero-order valence-corrected chi connectivity index (χ0v) is 19.8. The van der Waals surface area contributed by atoms with Crippen molar-refractivity contribution in [2.75, 3.05) is 6.54 Å². The molecule has 0 fully saturated rings. The zero-order chi connectivity index (χ0) is 24.2. The number of amides is 1. The number of pyridine rings is 1. The molecule has 3 aromatic heterocycles. The van der Waals surface area contributed by atoms with Gasteiger partial charge in [-0.05, 0) is 35.7 Å². The Kier molecular flexibility index (Phi) is 6.44. The smallest absolute Gasteiger partial charge is 0.270 e. The van der Waals surface area contributed by atoms with Crippen LogP contribution in [0.1, 0.15) is 41.4 Å². The molecule has 176 valence electrons. The molecule has 0 radical (unpaired) electrons. The molecule has 2 aromatic carbocycles. The van der Waals surface area contributed by atoms with E-state index < -0.39 is 0 Å². The van der Waals surface area contributed by atoms with Crippen molar-refractivity contribution in [3.63, 3.8) is 0 Å². The van der Waals surface area contributed by atoms with E-state index in [0.29, 0.717) is 42.0 Å². The van der Waals surface area contributed by atoms with Gasteiger partial charge in [-0.2, -0.15) is 0 Å². The first kappa shape index (κ1) is 22.6. The fourth-order valence-electron chi connectivity index (χ4n) is 4.42. The molecule has 0 aliphatic rings. The topological polar surface area (TPSA) is 59.6 Å². The van der Waals surface area contributed by atoms with Gasteiger partial charge in [0.25, 0.3) is 11.5 Å². The van der Waals surface area contributed by atoms with E-state index in [1.807, 2.05) is 82.3 Å². The van der Waals surface area contributed by atoms with Gasteiger partial charge >= 0.3 is 0 Å². The van der Waals surface area contributed by atoms with Crippen molar-refractivity contribution in [1.82, 2.24) is 18.9 Å². The second-order valence-corrected chi connectivity index (χ2v) is 8.75. The Bertz CT molecular complexity index is 1520. The SMILES string of the molecule is CCCCN(Cc1ccccc1)C(=O)c1cc2c(=O)n3ccccc3nc2n1Cc1ccccc1. The van der Waals surface area contributed by atoms with Gasteiger partial charge in [-0.25, -0.2) is 4.98 Å². The molecule has 0 aliphatic carbocycles. The summed E-state index contributed by atoms with van der Waals surface area (Å²) in [6, 6.07) is 27.2. The normalized spacial score (nSPS) is 11.2. The van der Waals surface area contributed by atoms with Crippen LogP contribution in [0.5, 0.6) is 0 Å². The molecule has 35 heavy (non-hydrogen) atoms. The first-order valence-corrected chi connectivity index (χ1v) is 12.0. The van der Waals surface area contributed by atoms with Crippen LogP contribution in [0.3, 0.4) is 0 Å². The van der Waals surface area contributed by atoms with Crippen molar-refractivity contribution in [1.29, 1.82) is 0 Å². The van der Waals surface area contributed by atoms with E-state index in [0.717, 1.165) is 24.0 Å². The molecule has 0 saturated heterocycles. The Hall–Kier alpha value is -4.19. The van der Waals surface area contributed by atoms with Crippen molar-refractivity contribution < 1.29 is 4.79 Å². The number of carbonyl (C=O) groups is 1. The van der Waals surface area contributed by atoms with E-state index >= 15 is 0 Å². The predicted molar refractivity (Wildman–Crippen MR) is 139 cm³/mol. The second-order valence-electron chi connectivity index (χ2n) is 8.75. The molecule has 5 aromatic rings. The number of unbranched alkanes of at least 4 members (excludes halogenated alkanes) is 1. The third-order valence-corrected chi connectivity index (χ3v) is 6.26. The monoisotopic (exact) mass is 464 g/mol. The lowest BCUT2D eigenvalue weighted by Gasteiger charge is -2.23. The highest BCUT2D eigenvalue weighted by Gasteiger charge is 2.24. The number of benzene rings is 2. The van der Waals surface area contributed by atoms with Crippen molar-refractivity contribution in [2.24, 2.45) is 0 Å². The minimum atomic E-state index is -0.172. The molecule has 0 aliphatic heterocycles. The highest BCUT2D eigenvalue weighted by Crippen LogP contribution is 2.21. The maximum absolute atomic E-state index is 14.0. The summed E-state index contributed by atoms with van der Waals surface area (Å²) in [5.41, 5.74) is 3.52. The number of nitrogens with zero attached hydrogens (tertiary/aromatic N) is 4. The first-order chi connectivity index (χ1) is 17.2. The van der Waals surface area contributed by atoms with Crippen LogP contribution >= 0.6 is 0 Å². The number of rotatable bonds is 8. The Morgan fingerprint density at radius 1 is 0.914 bits per heavy atom. The molecule has 0 bridgehead atoms. The summed E-state index contributed by atoms with van der Waals surface area (Å²) in [4.78, 5) is 34.0. The molecule has 6 heteroatoms. The standard InChI is InChI=1S/C29H28N4O2/c1-2-3-17-31(20-22-12-6-4-7-13-22)29(35)25-19-24-27(33(25)21-23-14-8-5-9-15-23)30-26-16-10-11-18-32(26)28(24)34/h4-16,18-19H,2-3,17,20-21H2,1H3. The minimum Gasteiger partial charge on any atom is -0.333 e. The quantitative estimate of drug-likeness (QED) is 0.319. The molecule has 6 nitrogen and oxygen atoms in total. The van der Waals surface area contributed by atoms with Crippen molar-refractivity contribution in [3.05, 3.63) is 118 Å². The molecule has 3 heterocycles. The van der Waals surface area contributed by atoms with Crippen LogP contribution < -0.4 is 5.56 Å². The van der Waals surface area contributed by atoms with Crippen LogP contribution in [0.2, 0.25) is 0 Å². The fraction of sp³-hybridized carbons (Fsp3) is 0.207. The van der Waals surface area contributed by atoms with Crippen LogP contribution in [-0.4, -0.2) is 31.3 Å². The molecular formula is C29H28N4O2. The van der Waals surface area contributed by atoms with Crippen LogP contribution in [0.15, 0.2) is 95.9 Å². The lowest BCUT2D eigenvalue weighted by molar-refractivity contribution is 0.0730. The maximum atomic E-state index is 14.0. The zero-order valence-electron chi connectivity index (χ0n) is 19.8. The number of hydrogen-bond acceptors (Lipinski definition) is 3. The summed E-state index contributed by atoms with van der Waals surface area (Å²) in [5, 5.41) is 0.447. The van der Waals surface area contributed by atoms with Gasteiger partial charge < -0.3 is 9.47 Å². The lowest BCUT2D eigenvalue weighted by atomic mass is 10.2. The summed E-state index contributed by atoms with van der Waals surface area (Å²) in [6.07, 6.45) is 3.60. The number of carbonyl (C=O) groups excluding carboxylic acids is 1. The van der Waals surface area contributed by atoms with Gasteiger partial charge in [-0.15, -0.1) is 0 Å². The fourth-order valence-corrected chi connectivity index (χ4v) is 4.42. The number of fused-ring (bicyclic) bond motifs is 2. The molecule has 0 unspecified atom stereocenters. The molecule has 0 spiro atoms. The van der Waals surface area contributed by atoms with Gasteiger partial charge in [0.2, 0.25) is 0 Å². The van der Waals surface area contributed by atoms with Crippen molar-refractivity contribution in [3.8, 4) is 0 Å². The van der Waals surface area contributed by atoms with Crippen LogP contribution in [0.4, 0.5) is 0 Å². The van der Waals surface area contributed by atoms with Crippen molar-refractivity contribution >= 4 is 22.6 Å². The summed E-state index contributed by atoms with van der Waals surface area (Å²) >= 11 is 0. The largest absolute Gasteiger partial charge is 0.333 e. The van der Waals surface area contributed by atoms with Gasteiger partial charge in [0.15, 0.2) is 0 Å². The number of aromatic nitrogens is 3. The van der Waals surface area contributed by atoms with E-state index in [4.69, 9.17) is 4.98 Å². The Labute approximate surface area is 204 Å². The average Bonchev–Trinajstić information content (AvgIpc) is 3.25. The van der Waals surface area contributed by atoms with Crippen LogP contribution in [0, 0.1) is 0 Å². The Morgan fingerprint density at radius 2 is 1.60 bits per heavy atom. The van der Waals surface area contributed by atoms with Gasteiger partial charge in [-0.3, -0.25) is 14.0 Å². The van der Waals surface area contributed by atoms with Gasteiger partial charge in [0.05, 0.1) is 5.39 Å². The molecule has 0 atom stereocenters. The van der Waals surface area contributed by atoms with E-state index in [2.05, 4.69) is 6.92 Å². The van der Waals surface area contributed by atoms with Crippen LogP contribution in [0.25, 0.3) is 16.7 Å². The predicted octanol–water partition coefficient (Wildman–Crippen LogP) is 5.14. The maximum Gasteiger partial charge on any atom is 0.270 e. The minimum absolute atomic E-state index is 0.0929. The summed E-state index contributed by atoms with van der Waals surface area (Å²) < 4.78 is 3.42. The molecule has 1 amide bonds. The highest BCUT2D eigenvalue weighted by molar-refractivity contribution is 5.98. The summed E-state index contributed by atoms with van der Waals surface area (Å²) in [7, 11) is 0. The van der Waals surface area contributed by atoms with E-state index in [1.54, 1.807) is 18.3 Å². The third-order valence-electron chi connectivity index (χ3n) is 6.26. The molecule has 0 saturated carbocycles. The summed E-state index contributed by atoms with van der Waals surface area (Å²) in [5.74, 6) is -0.0929. The van der Waals surface area contributed by atoms with Crippen LogP contribution in [-0.2, 0) is 13.1 Å². The highest BCUT2D eigenvalue weighted by atomic mass is 16.2. The van der Waals surface area contributed by atoms with Gasteiger partial charge in [0, 0.05) is 25.8 Å². The van der Waals surface area contributed by atoms with Crippen molar-refractivity contribution in [2.45, 2.75) is 32.9 Å². The molecule has 0 N–H and O–H groups in total. The van der Waals surface area contributed by atoms with E-state index in [-0.39, 0.29) is 11.5 Å². The Balaban J connectivity index is 1.66. The third kappa shape index (κ3) is 4.60. The van der Waals surface area contributed by atoms with E-state index in [1.165, 1.54) is 4.40 Å². The first-order valence-electron chi connectivity index (χ1n) is 12.0. The lowest BCUT2D eigenvalue weighted by Crippen LogP contribution is -2.33. The number of hydrogen-bond donors (Lipinski definition) is 0. The van der Waals surface area contributed by atoms with Gasteiger partial charge in [0.1, 0.15) is 17.0 Å². The van der Waals surface area contributed by atoms with Gasteiger partial charge in [-0.1, -0.05) is 80.1 Å². The second kappa shape index (κ2) is 9.97. The summed E-state index contributed by atoms with van der Waals surface area (Å²) in [6.45, 7) is 3.73. The average molecular weight is 465 g/mol. The van der Waals surface area contributed by atoms with E-state index in [9.17, 15) is 9.59 Å². The molecular weight excluding hydrogens is 436 g/mol. The Morgan fingerprint density at radius 3 is 2.31 bits per heavy atom.